The first-order valence-corrected chi connectivity index (χ1v) is 7.41. The van der Waals surface area contributed by atoms with E-state index in [1.54, 1.807) is 6.26 Å². The highest BCUT2D eigenvalue weighted by Gasteiger charge is 2.19. The fourth-order valence-corrected chi connectivity index (χ4v) is 3.04. The Hall–Kier alpha value is -1.66. The van der Waals surface area contributed by atoms with Gasteiger partial charge in [0, 0.05) is 36.0 Å². The molecule has 20 heavy (non-hydrogen) atoms. The van der Waals surface area contributed by atoms with E-state index < -0.39 is 0 Å². The van der Waals surface area contributed by atoms with Gasteiger partial charge in [0.2, 0.25) is 0 Å². The molecule has 4 rings (SSSR count). The molecule has 102 valence electrons. The fraction of sp³-hybridized carbons (Fsp3) is 0.286. The maximum Gasteiger partial charge on any atom is 0.159 e. The highest BCUT2D eigenvalue weighted by molar-refractivity contribution is 9.10. The average Bonchev–Trinajstić information content (AvgIpc) is 2.97. The molecule has 0 atom stereocenters. The lowest BCUT2D eigenvalue weighted by molar-refractivity contribution is 0.428. The summed E-state index contributed by atoms with van der Waals surface area (Å²) in [4.78, 5) is 7.06. The number of benzene rings is 1. The van der Waals surface area contributed by atoms with Crippen LogP contribution in [0, 0.1) is 0 Å². The molecule has 0 amide bonds. The lowest BCUT2D eigenvalue weighted by atomic mass is 10.1. The molecule has 0 radical (unpaired) electrons. The van der Waals surface area contributed by atoms with Crippen molar-refractivity contribution in [1.82, 2.24) is 15.5 Å². The van der Waals surface area contributed by atoms with Gasteiger partial charge >= 0.3 is 0 Å². The van der Waals surface area contributed by atoms with Gasteiger partial charge in [0.15, 0.2) is 11.3 Å². The van der Waals surface area contributed by atoms with Crippen molar-refractivity contribution in [3.63, 3.8) is 0 Å². The minimum Gasteiger partial charge on any atom is -0.363 e. The molecule has 1 aliphatic rings. The third-order valence-corrected chi connectivity index (χ3v) is 4.17. The summed E-state index contributed by atoms with van der Waals surface area (Å²) in [5.74, 6) is 0.921. The Labute approximate surface area is 124 Å². The quantitative estimate of drug-likeness (QED) is 0.742. The van der Waals surface area contributed by atoms with Crippen LogP contribution >= 0.6 is 15.9 Å². The number of piperazine rings is 1. The van der Waals surface area contributed by atoms with Gasteiger partial charge in [0.05, 0.1) is 10.9 Å². The molecular weight excluding hydrogens is 320 g/mol. The Kier molecular flexibility index (Phi) is 2.85. The summed E-state index contributed by atoms with van der Waals surface area (Å²) in [6.45, 7) is 3.83. The number of hydrogen-bond acceptors (Lipinski definition) is 5. The van der Waals surface area contributed by atoms with Crippen molar-refractivity contribution in [3.8, 4) is 0 Å². The van der Waals surface area contributed by atoms with Crippen LogP contribution in [0.1, 0.15) is 0 Å². The Balaban J connectivity index is 1.99. The summed E-state index contributed by atoms with van der Waals surface area (Å²) in [5.41, 5.74) is 1.81. The zero-order valence-corrected chi connectivity index (χ0v) is 12.4. The maximum atomic E-state index is 5.20. The smallest absolute Gasteiger partial charge is 0.159 e. The fourth-order valence-electron chi connectivity index (χ4n) is 2.67. The molecule has 6 heteroatoms. The van der Waals surface area contributed by atoms with E-state index in [2.05, 4.69) is 37.4 Å². The molecule has 0 saturated carbocycles. The lowest BCUT2D eigenvalue weighted by Gasteiger charge is -2.28. The van der Waals surface area contributed by atoms with Crippen LogP contribution in [-0.2, 0) is 0 Å². The van der Waals surface area contributed by atoms with Crippen molar-refractivity contribution < 1.29 is 4.52 Å². The van der Waals surface area contributed by atoms with Gasteiger partial charge in [-0.05, 0) is 18.2 Å². The molecule has 1 aliphatic heterocycles. The van der Waals surface area contributed by atoms with Crippen LogP contribution in [0.2, 0.25) is 0 Å². The summed E-state index contributed by atoms with van der Waals surface area (Å²) in [5, 5.41) is 9.59. The molecule has 2 aromatic heterocycles. The van der Waals surface area contributed by atoms with E-state index in [-0.39, 0.29) is 0 Å². The van der Waals surface area contributed by atoms with E-state index in [4.69, 9.17) is 9.51 Å². The topological polar surface area (TPSA) is 54.2 Å². The number of anilines is 1. The zero-order chi connectivity index (χ0) is 13.5. The van der Waals surface area contributed by atoms with E-state index >= 15 is 0 Å². The van der Waals surface area contributed by atoms with Crippen molar-refractivity contribution in [1.29, 1.82) is 0 Å². The minimum absolute atomic E-state index is 0.845. The first kappa shape index (κ1) is 12.1. The van der Waals surface area contributed by atoms with E-state index in [0.717, 1.165) is 58.3 Å². The predicted octanol–water partition coefficient (Wildman–Crippen LogP) is 2.55. The number of rotatable bonds is 1. The van der Waals surface area contributed by atoms with Crippen LogP contribution < -0.4 is 10.2 Å². The highest BCUT2D eigenvalue weighted by atomic mass is 79.9. The number of halogens is 1. The van der Waals surface area contributed by atoms with Gasteiger partial charge in [-0.2, -0.15) is 0 Å². The second-order valence-corrected chi connectivity index (χ2v) is 5.83. The molecule has 3 heterocycles. The van der Waals surface area contributed by atoms with Crippen molar-refractivity contribution in [2.45, 2.75) is 0 Å². The van der Waals surface area contributed by atoms with Crippen LogP contribution in [0.5, 0.6) is 0 Å². The minimum atomic E-state index is 0.845. The van der Waals surface area contributed by atoms with Gasteiger partial charge in [0.1, 0.15) is 6.26 Å². The zero-order valence-electron chi connectivity index (χ0n) is 10.8. The molecule has 0 aliphatic carbocycles. The molecule has 5 nitrogen and oxygen atoms in total. The van der Waals surface area contributed by atoms with Crippen molar-refractivity contribution in [3.05, 3.63) is 28.9 Å². The first-order chi connectivity index (χ1) is 9.83. The summed E-state index contributed by atoms with van der Waals surface area (Å²) in [6.07, 6.45) is 1.71. The van der Waals surface area contributed by atoms with Crippen LogP contribution in [-0.4, -0.2) is 36.3 Å². The van der Waals surface area contributed by atoms with Gasteiger partial charge in [-0.15, -0.1) is 0 Å². The molecule has 0 spiro atoms. The highest BCUT2D eigenvalue weighted by Crippen LogP contribution is 2.32. The number of pyridine rings is 1. The largest absolute Gasteiger partial charge is 0.363 e. The number of fused-ring (bicyclic) bond motifs is 3. The Morgan fingerprint density at radius 1 is 1.20 bits per heavy atom. The average molecular weight is 333 g/mol. The lowest BCUT2D eigenvalue weighted by Crippen LogP contribution is -2.44. The summed E-state index contributed by atoms with van der Waals surface area (Å²) in [7, 11) is 0. The molecule has 3 aromatic rings. The molecule has 0 bridgehead atoms. The monoisotopic (exact) mass is 332 g/mol. The maximum absolute atomic E-state index is 5.20. The van der Waals surface area contributed by atoms with Gasteiger partial charge in [-0.25, -0.2) is 4.98 Å². The van der Waals surface area contributed by atoms with Crippen LogP contribution in [0.4, 0.5) is 5.82 Å². The van der Waals surface area contributed by atoms with Crippen molar-refractivity contribution in [2.24, 2.45) is 0 Å². The molecule has 1 aromatic carbocycles. The predicted molar refractivity (Wildman–Crippen MR) is 82.1 cm³/mol. The first-order valence-electron chi connectivity index (χ1n) is 6.62. The second-order valence-electron chi connectivity index (χ2n) is 4.91. The van der Waals surface area contributed by atoms with Crippen molar-refractivity contribution >= 4 is 43.6 Å². The van der Waals surface area contributed by atoms with E-state index in [1.165, 1.54) is 0 Å². The summed E-state index contributed by atoms with van der Waals surface area (Å²) in [6, 6.07) is 6.09. The second kappa shape index (κ2) is 4.71. The Morgan fingerprint density at radius 3 is 2.90 bits per heavy atom. The third-order valence-electron chi connectivity index (χ3n) is 3.67. The van der Waals surface area contributed by atoms with Gasteiger partial charge in [0.25, 0.3) is 0 Å². The normalized spacial score (nSPS) is 16.1. The molecule has 1 fully saturated rings. The van der Waals surface area contributed by atoms with Crippen molar-refractivity contribution in [2.75, 3.05) is 31.1 Å². The Bertz CT molecular complexity index is 779. The third kappa shape index (κ3) is 1.87. The Morgan fingerprint density at radius 2 is 2.05 bits per heavy atom. The summed E-state index contributed by atoms with van der Waals surface area (Å²) >= 11 is 3.50. The number of nitrogens with one attached hydrogen (secondary N) is 1. The van der Waals surface area contributed by atoms with Gasteiger partial charge < -0.3 is 14.7 Å². The number of aromatic nitrogens is 2. The number of nitrogens with zero attached hydrogens (tertiary/aromatic N) is 3. The van der Waals surface area contributed by atoms with E-state index in [0.29, 0.717) is 0 Å². The van der Waals surface area contributed by atoms with Gasteiger partial charge in [-0.1, -0.05) is 21.1 Å². The molecule has 1 N–H and O–H groups in total. The standard InChI is InChI=1S/C14H13BrN4O/c15-9-1-2-12-10(7-9)11-8-20-18-13(11)14(17-12)19-5-3-16-4-6-19/h1-2,7-8,16H,3-6H2. The van der Waals surface area contributed by atoms with Crippen LogP contribution in [0.15, 0.2) is 33.5 Å². The number of hydrogen-bond donors (Lipinski definition) is 1. The van der Waals surface area contributed by atoms with E-state index in [1.807, 2.05) is 12.1 Å². The van der Waals surface area contributed by atoms with Crippen LogP contribution in [0.25, 0.3) is 21.8 Å². The molecule has 1 saturated heterocycles. The van der Waals surface area contributed by atoms with E-state index in [9.17, 15) is 0 Å². The SMILES string of the molecule is Brc1ccc2nc(N3CCNCC3)c3nocc3c2c1. The van der Waals surface area contributed by atoms with Gasteiger partial charge in [-0.3, -0.25) is 0 Å². The molecule has 0 unspecified atom stereocenters. The molecular formula is C14H13BrN4O. The van der Waals surface area contributed by atoms with Crippen LogP contribution in [0.3, 0.4) is 0 Å². The summed E-state index contributed by atoms with van der Waals surface area (Å²) < 4.78 is 6.23.